The van der Waals surface area contributed by atoms with Gasteiger partial charge in [-0.1, -0.05) is 34.1 Å². The Balaban J connectivity index is 2.77. The number of H-pyrrole nitrogens is 1. The van der Waals surface area contributed by atoms with Crippen molar-refractivity contribution in [1.82, 2.24) is 10.2 Å². The van der Waals surface area contributed by atoms with Crippen LogP contribution in [0, 0.1) is 0 Å². The Morgan fingerprint density at radius 3 is 2.65 bits per heavy atom. The molecule has 2 rings (SSSR count). The SMILES string of the molecule is O=C(O)c1c(-c2ccccc2Br)cn[nH]c1=O. The molecule has 0 radical (unpaired) electrons. The molecule has 0 aliphatic carbocycles. The maximum absolute atomic E-state index is 11.5. The van der Waals surface area contributed by atoms with Gasteiger partial charge >= 0.3 is 5.97 Å². The smallest absolute Gasteiger partial charge is 0.342 e. The van der Waals surface area contributed by atoms with E-state index in [1.807, 2.05) is 0 Å². The van der Waals surface area contributed by atoms with E-state index in [0.717, 1.165) is 0 Å². The third-order valence-corrected chi connectivity index (χ3v) is 2.93. The van der Waals surface area contributed by atoms with Crippen LogP contribution in [0.1, 0.15) is 10.4 Å². The number of carbonyl (C=O) groups is 1. The Kier molecular flexibility index (Phi) is 3.06. The molecule has 5 nitrogen and oxygen atoms in total. The third-order valence-electron chi connectivity index (χ3n) is 2.23. The number of nitrogens with one attached hydrogen (secondary N) is 1. The van der Waals surface area contributed by atoms with Crippen LogP contribution in [-0.4, -0.2) is 21.3 Å². The first-order chi connectivity index (χ1) is 8.11. The normalized spacial score (nSPS) is 10.2. The minimum atomic E-state index is -1.28. The number of benzene rings is 1. The molecule has 6 heteroatoms. The Bertz CT molecular complexity index is 637. The predicted octanol–water partition coefficient (Wildman–Crippen LogP) is 1.90. The lowest BCUT2D eigenvalue weighted by molar-refractivity contribution is 0.0695. The molecule has 0 unspecified atom stereocenters. The van der Waals surface area contributed by atoms with Crippen LogP contribution in [0.5, 0.6) is 0 Å². The minimum absolute atomic E-state index is 0.286. The molecule has 2 aromatic rings. The van der Waals surface area contributed by atoms with E-state index in [-0.39, 0.29) is 11.1 Å². The summed E-state index contributed by atoms with van der Waals surface area (Å²) < 4.78 is 0.704. The zero-order chi connectivity index (χ0) is 12.4. The van der Waals surface area contributed by atoms with Gasteiger partial charge in [0.25, 0.3) is 5.56 Å². The van der Waals surface area contributed by atoms with Crippen LogP contribution in [0.2, 0.25) is 0 Å². The number of aromatic amines is 1. The fraction of sp³-hybridized carbons (Fsp3) is 0. The van der Waals surface area contributed by atoms with Crippen molar-refractivity contribution in [3.63, 3.8) is 0 Å². The van der Waals surface area contributed by atoms with Gasteiger partial charge < -0.3 is 5.11 Å². The Morgan fingerprint density at radius 2 is 2.00 bits per heavy atom. The minimum Gasteiger partial charge on any atom is -0.477 e. The summed E-state index contributed by atoms with van der Waals surface area (Å²) in [5.74, 6) is -1.28. The lowest BCUT2D eigenvalue weighted by Gasteiger charge is -2.06. The van der Waals surface area contributed by atoms with Crippen LogP contribution < -0.4 is 5.56 Å². The van der Waals surface area contributed by atoms with Gasteiger partial charge in [0.15, 0.2) is 0 Å². The van der Waals surface area contributed by atoms with Crippen molar-refractivity contribution in [3.05, 3.63) is 50.9 Å². The Hall–Kier alpha value is -1.95. The highest BCUT2D eigenvalue weighted by Gasteiger charge is 2.17. The van der Waals surface area contributed by atoms with Gasteiger partial charge in [0.1, 0.15) is 5.56 Å². The predicted molar refractivity (Wildman–Crippen MR) is 65.0 cm³/mol. The summed E-state index contributed by atoms with van der Waals surface area (Å²) in [5.41, 5.74) is -0.130. The summed E-state index contributed by atoms with van der Waals surface area (Å²) in [6.45, 7) is 0. The van der Waals surface area contributed by atoms with Gasteiger partial charge in [0.05, 0.1) is 6.20 Å². The fourth-order valence-corrected chi connectivity index (χ4v) is 1.99. The van der Waals surface area contributed by atoms with Crippen LogP contribution in [-0.2, 0) is 0 Å². The number of hydrogen-bond acceptors (Lipinski definition) is 3. The van der Waals surface area contributed by atoms with Crippen LogP contribution in [0.25, 0.3) is 11.1 Å². The van der Waals surface area contributed by atoms with E-state index in [4.69, 9.17) is 5.11 Å². The first kappa shape index (κ1) is 11.5. The molecule has 0 aliphatic heterocycles. The van der Waals surface area contributed by atoms with Crippen LogP contribution in [0.15, 0.2) is 39.7 Å². The van der Waals surface area contributed by atoms with Crippen LogP contribution >= 0.6 is 15.9 Å². The maximum Gasteiger partial charge on any atom is 0.342 e. The standard InChI is InChI=1S/C11H7BrN2O3/c12-8-4-2-1-3-6(8)7-5-13-14-10(15)9(7)11(16)17/h1-5H,(H,14,15)(H,16,17). The van der Waals surface area contributed by atoms with Crippen LogP contribution in [0.4, 0.5) is 0 Å². The molecule has 0 saturated heterocycles. The second-order valence-electron chi connectivity index (χ2n) is 3.27. The van der Waals surface area contributed by atoms with Crippen molar-refractivity contribution in [2.24, 2.45) is 0 Å². The number of aromatic nitrogens is 2. The number of aromatic carboxylic acids is 1. The molecule has 0 amide bonds. The van der Waals surface area contributed by atoms with Crippen LogP contribution in [0.3, 0.4) is 0 Å². The molecule has 0 bridgehead atoms. The van der Waals surface area contributed by atoms with E-state index in [0.29, 0.717) is 10.0 Å². The highest BCUT2D eigenvalue weighted by atomic mass is 79.9. The molecule has 2 N–H and O–H groups in total. The fourth-order valence-electron chi connectivity index (χ4n) is 1.49. The molecular weight excluding hydrogens is 288 g/mol. The van der Waals surface area contributed by atoms with E-state index >= 15 is 0 Å². The van der Waals surface area contributed by atoms with Gasteiger partial charge in [-0.15, -0.1) is 0 Å². The molecule has 0 saturated carbocycles. The summed E-state index contributed by atoms with van der Waals surface area (Å²) >= 11 is 3.31. The third kappa shape index (κ3) is 2.12. The molecule has 1 aromatic heterocycles. The summed E-state index contributed by atoms with van der Waals surface area (Å²) in [4.78, 5) is 22.5. The quantitative estimate of drug-likeness (QED) is 0.886. The summed E-state index contributed by atoms with van der Waals surface area (Å²) in [6, 6.07) is 7.04. The largest absolute Gasteiger partial charge is 0.477 e. The van der Waals surface area contributed by atoms with E-state index in [2.05, 4.69) is 26.1 Å². The number of carboxylic acid groups (broad SMARTS) is 1. The van der Waals surface area contributed by atoms with Crippen molar-refractivity contribution < 1.29 is 9.90 Å². The average molecular weight is 295 g/mol. The number of rotatable bonds is 2. The number of halogens is 1. The molecule has 1 aromatic carbocycles. The molecule has 0 aliphatic rings. The maximum atomic E-state index is 11.5. The molecule has 0 spiro atoms. The second-order valence-corrected chi connectivity index (χ2v) is 4.13. The van der Waals surface area contributed by atoms with Crippen molar-refractivity contribution in [1.29, 1.82) is 0 Å². The zero-order valence-electron chi connectivity index (χ0n) is 8.48. The van der Waals surface area contributed by atoms with E-state index in [1.165, 1.54) is 6.20 Å². The molecule has 17 heavy (non-hydrogen) atoms. The summed E-state index contributed by atoms with van der Waals surface area (Å²) in [7, 11) is 0. The first-order valence-corrected chi connectivity index (χ1v) is 5.46. The second kappa shape index (κ2) is 4.50. The van der Waals surface area contributed by atoms with Crippen molar-refractivity contribution >= 4 is 21.9 Å². The van der Waals surface area contributed by atoms with Gasteiger partial charge in [-0.2, -0.15) is 5.10 Å². The summed E-state index contributed by atoms with van der Waals surface area (Å²) in [6.07, 6.45) is 1.32. The molecule has 0 fully saturated rings. The monoisotopic (exact) mass is 294 g/mol. The highest BCUT2D eigenvalue weighted by Crippen LogP contribution is 2.28. The Morgan fingerprint density at radius 1 is 1.29 bits per heavy atom. The van der Waals surface area contributed by atoms with Gasteiger partial charge in [-0.25, -0.2) is 9.89 Å². The van der Waals surface area contributed by atoms with Gasteiger partial charge in [0, 0.05) is 10.0 Å². The first-order valence-electron chi connectivity index (χ1n) is 4.67. The van der Waals surface area contributed by atoms with Gasteiger partial charge in [0.2, 0.25) is 0 Å². The number of hydrogen-bond donors (Lipinski definition) is 2. The van der Waals surface area contributed by atoms with E-state index in [9.17, 15) is 9.59 Å². The van der Waals surface area contributed by atoms with Crippen molar-refractivity contribution in [2.45, 2.75) is 0 Å². The van der Waals surface area contributed by atoms with E-state index in [1.54, 1.807) is 24.3 Å². The lowest BCUT2D eigenvalue weighted by atomic mass is 10.0. The lowest BCUT2D eigenvalue weighted by Crippen LogP contribution is -2.19. The highest BCUT2D eigenvalue weighted by molar-refractivity contribution is 9.10. The zero-order valence-corrected chi connectivity index (χ0v) is 10.1. The van der Waals surface area contributed by atoms with Crippen molar-refractivity contribution in [3.8, 4) is 11.1 Å². The molecule has 0 atom stereocenters. The number of nitrogens with zero attached hydrogens (tertiary/aromatic N) is 1. The molecule has 1 heterocycles. The molecular formula is C11H7BrN2O3. The Labute approximate surface area is 104 Å². The molecule has 86 valence electrons. The van der Waals surface area contributed by atoms with Gasteiger partial charge in [-0.05, 0) is 11.6 Å². The summed E-state index contributed by atoms with van der Waals surface area (Å²) in [5, 5.41) is 14.8. The van der Waals surface area contributed by atoms with Crippen molar-refractivity contribution in [2.75, 3.05) is 0 Å². The average Bonchev–Trinajstić information content (AvgIpc) is 2.28. The number of carboxylic acids is 1. The topological polar surface area (TPSA) is 83.0 Å². The van der Waals surface area contributed by atoms with E-state index < -0.39 is 11.5 Å². The van der Waals surface area contributed by atoms with Gasteiger partial charge in [-0.3, -0.25) is 4.79 Å².